The van der Waals surface area contributed by atoms with E-state index in [0.29, 0.717) is 10.7 Å². The Kier molecular flexibility index (Phi) is 5.22. The maximum absolute atomic E-state index is 12.9. The fourth-order valence-electron chi connectivity index (χ4n) is 2.76. The molecule has 0 saturated carbocycles. The number of carbonyl (C=O) groups is 1. The number of nitrogens with one attached hydrogen (secondary N) is 2. The summed E-state index contributed by atoms with van der Waals surface area (Å²) in [5.41, 5.74) is 1.32. The Morgan fingerprint density at radius 2 is 1.87 bits per heavy atom. The van der Waals surface area contributed by atoms with E-state index < -0.39 is 15.9 Å². The summed E-state index contributed by atoms with van der Waals surface area (Å²) in [6, 6.07) is 7.56. The van der Waals surface area contributed by atoms with Crippen LogP contribution >= 0.6 is 11.6 Å². The summed E-state index contributed by atoms with van der Waals surface area (Å²) >= 11 is 6.12. The van der Waals surface area contributed by atoms with Crippen LogP contribution in [0.25, 0.3) is 0 Å². The number of fused-ring (bicyclic) bond motifs is 1. The monoisotopic (exact) mass is 449 g/mol. The molecule has 1 amide bonds. The molecule has 0 spiro atoms. The first-order chi connectivity index (χ1) is 14.3. The number of hydrogen-bond donors (Lipinski definition) is 2. The summed E-state index contributed by atoms with van der Waals surface area (Å²) in [4.78, 5) is 15.0. The fraction of sp³-hybridized carbons (Fsp3) is 0.167. The van der Waals surface area contributed by atoms with Gasteiger partial charge in [-0.25, -0.2) is 9.51 Å². The first-order valence-electron chi connectivity index (χ1n) is 8.72. The number of carbonyl (C=O) groups excluding carboxylic acids is 1. The molecule has 30 heavy (non-hydrogen) atoms. The van der Waals surface area contributed by atoms with Gasteiger partial charge < -0.3 is 14.8 Å². The summed E-state index contributed by atoms with van der Waals surface area (Å²) in [6.45, 7) is 2.30. The molecule has 12 heteroatoms. The van der Waals surface area contributed by atoms with Crippen molar-refractivity contribution >= 4 is 33.2 Å². The summed E-state index contributed by atoms with van der Waals surface area (Å²) in [6.07, 6.45) is 2.37. The highest BCUT2D eigenvalue weighted by atomic mass is 35.5. The minimum atomic E-state index is -4.06. The largest absolute Gasteiger partial charge is 0.486 e. The van der Waals surface area contributed by atoms with Gasteiger partial charge in [0, 0.05) is 16.8 Å². The van der Waals surface area contributed by atoms with Crippen LogP contribution in [-0.4, -0.2) is 42.4 Å². The van der Waals surface area contributed by atoms with E-state index in [2.05, 4.69) is 20.3 Å². The van der Waals surface area contributed by atoms with Crippen LogP contribution in [0.4, 0.5) is 5.69 Å². The van der Waals surface area contributed by atoms with Crippen molar-refractivity contribution in [3.05, 3.63) is 59.1 Å². The standard InChI is InChI=1S/C18H16ClN5O5S/c1-11-2-3-12(6-15(11)19)22-18(25)14-7-13(8-16-17(14)29-5-4-28-16)30(26,27)23-24-9-20-21-10-24/h2-3,6-10,23H,4-5H2,1H3,(H,22,25). The molecular formula is C18H16ClN5O5S. The van der Waals surface area contributed by atoms with Crippen molar-refractivity contribution in [2.24, 2.45) is 0 Å². The third-order valence-corrected chi connectivity index (χ3v) is 5.96. The van der Waals surface area contributed by atoms with E-state index in [9.17, 15) is 13.2 Å². The zero-order valence-corrected chi connectivity index (χ0v) is 17.2. The Morgan fingerprint density at radius 3 is 2.60 bits per heavy atom. The van der Waals surface area contributed by atoms with Gasteiger partial charge in [0.25, 0.3) is 15.9 Å². The molecule has 156 valence electrons. The second-order valence-electron chi connectivity index (χ2n) is 6.38. The number of benzene rings is 2. The predicted octanol–water partition coefficient (Wildman–Crippen LogP) is 2.20. The molecule has 1 aliphatic rings. The molecule has 0 atom stereocenters. The third kappa shape index (κ3) is 4.02. The van der Waals surface area contributed by atoms with E-state index >= 15 is 0 Å². The number of halogens is 1. The van der Waals surface area contributed by atoms with Crippen LogP contribution in [0.15, 0.2) is 47.9 Å². The molecular weight excluding hydrogens is 434 g/mol. The van der Waals surface area contributed by atoms with Crippen molar-refractivity contribution in [3.8, 4) is 11.5 Å². The molecule has 1 aliphatic heterocycles. The Balaban J connectivity index is 1.71. The number of amides is 1. The second-order valence-corrected chi connectivity index (χ2v) is 8.45. The SMILES string of the molecule is Cc1ccc(NC(=O)c2cc(S(=O)(=O)Nn3cnnc3)cc3c2OCCO3)cc1Cl. The number of nitrogens with zero attached hydrogens (tertiary/aromatic N) is 3. The van der Waals surface area contributed by atoms with Crippen LogP contribution in [0, 0.1) is 6.92 Å². The van der Waals surface area contributed by atoms with Gasteiger partial charge in [-0.2, -0.15) is 8.42 Å². The van der Waals surface area contributed by atoms with E-state index in [-0.39, 0.29) is 35.2 Å². The lowest BCUT2D eigenvalue weighted by Crippen LogP contribution is -2.24. The number of ether oxygens (including phenoxy) is 2. The highest BCUT2D eigenvalue weighted by Gasteiger charge is 2.27. The molecule has 1 aromatic heterocycles. The van der Waals surface area contributed by atoms with E-state index in [0.717, 1.165) is 10.2 Å². The molecule has 2 heterocycles. The van der Waals surface area contributed by atoms with Crippen LogP contribution in [0.5, 0.6) is 11.5 Å². The molecule has 10 nitrogen and oxygen atoms in total. The highest BCUT2D eigenvalue weighted by molar-refractivity contribution is 7.92. The average molecular weight is 450 g/mol. The van der Waals surface area contributed by atoms with Crippen molar-refractivity contribution in [2.75, 3.05) is 23.4 Å². The quantitative estimate of drug-likeness (QED) is 0.611. The molecule has 0 saturated heterocycles. The van der Waals surface area contributed by atoms with Gasteiger partial charge in [0.15, 0.2) is 11.5 Å². The minimum Gasteiger partial charge on any atom is -0.486 e. The van der Waals surface area contributed by atoms with E-state index in [1.165, 1.54) is 24.8 Å². The Morgan fingerprint density at radius 1 is 1.13 bits per heavy atom. The van der Waals surface area contributed by atoms with Gasteiger partial charge in [0.1, 0.15) is 25.9 Å². The van der Waals surface area contributed by atoms with Crippen molar-refractivity contribution in [1.29, 1.82) is 0 Å². The van der Waals surface area contributed by atoms with Crippen molar-refractivity contribution in [3.63, 3.8) is 0 Å². The lowest BCUT2D eigenvalue weighted by molar-refractivity contribution is 0.101. The average Bonchev–Trinajstić information content (AvgIpc) is 3.22. The number of hydrogen-bond acceptors (Lipinski definition) is 7. The number of sulfonamides is 1. The molecule has 0 radical (unpaired) electrons. The van der Waals surface area contributed by atoms with Gasteiger partial charge in [-0.15, -0.1) is 10.2 Å². The maximum Gasteiger partial charge on any atom is 0.275 e. The number of anilines is 1. The Hall–Kier alpha value is -3.31. The van der Waals surface area contributed by atoms with E-state index in [1.54, 1.807) is 18.2 Å². The number of aromatic nitrogens is 3. The highest BCUT2D eigenvalue weighted by Crippen LogP contribution is 2.37. The van der Waals surface area contributed by atoms with Crippen LogP contribution in [0.3, 0.4) is 0 Å². The van der Waals surface area contributed by atoms with Crippen LogP contribution in [0.1, 0.15) is 15.9 Å². The topological polar surface area (TPSA) is 124 Å². The number of rotatable bonds is 5. The predicted molar refractivity (Wildman–Crippen MR) is 108 cm³/mol. The van der Waals surface area contributed by atoms with Crippen LogP contribution in [0.2, 0.25) is 5.02 Å². The molecule has 0 bridgehead atoms. The lowest BCUT2D eigenvalue weighted by atomic mass is 10.1. The molecule has 4 rings (SSSR count). The summed E-state index contributed by atoms with van der Waals surface area (Å²) in [5.74, 6) is -0.252. The molecule has 0 aliphatic carbocycles. The van der Waals surface area contributed by atoms with Crippen molar-refractivity contribution in [2.45, 2.75) is 11.8 Å². The first kappa shape index (κ1) is 20.0. The summed E-state index contributed by atoms with van der Waals surface area (Å²) in [7, 11) is -4.06. The molecule has 3 aromatic rings. The van der Waals surface area contributed by atoms with Crippen molar-refractivity contribution < 1.29 is 22.7 Å². The zero-order chi connectivity index (χ0) is 21.3. The first-order valence-corrected chi connectivity index (χ1v) is 10.6. The van der Waals surface area contributed by atoms with Crippen molar-refractivity contribution in [1.82, 2.24) is 14.9 Å². The Labute approximate surface area is 176 Å². The molecule has 0 unspecified atom stereocenters. The Bertz CT molecular complexity index is 1210. The fourth-order valence-corrected chi connectivity index (χ4v) is 3.95. The second kappa shape index (κ2) is 7.84. The van der Waals surface area contributed by atoms with Gasteiger partial charge in [-0.05, 0) is 30.7 Å². The van der Waals surface area contributed by atoms with Crippen LogP contribution < -0.4 is 19.6 Å². The van der Waals surface area contributed by atoms with E-state index in [4.69, 9.17) is 21.1 Å². The number of aryl methyl sites for hydroxylation is 1. The lowest BCUT2D eigenvalue weighted by Gasteiger charge is -2.22. The third-order valence-electron chi connectivity index (χ3n) is 4.24. The van der Waals surface area contributed by atoms with E-state index in [1.807, 2.05) is 6.92 Å². The van der Waals surface area contributed by atoms with Gasteiger partial charge in [0.2, 0.25) is 0 Å². The van der Waals surface area contributed by atoms with Gasteiger partial charge in [-0.1, -0.05) is 17.7 Å². The normalized spacial score (nSPS) is 13.0. The molecule has 2 N–H and O–H groups in total. The molecule has 2 aromatic carbocycles. The maximum atomic E-state index is 12.9. The molecule has 0 fully saturated rings. The van der Waals surface area contributed by atoms with Gasteiger partial charge >= 0.3 is 0 Å². The van der Waals surface area contributed by atoms with Crippen LogP contribution in [-0.2, 0) is 10.0 Å². The zero-order valence-electron chi connectivity index (χ0n) is 15.6. The smallest absolute Gasteiger partial charge is 0.275 e. The van der Waals surface area contributed by atoms with Gasteiger partial charge in [0.05, 0.1) is 10.5 Å². The van der Waals surface area contributed by atoms with Gasteiger partial charge in [-0.3, -0.25) is 4.79 Å². The summed E-state index contributed by atoms with van der Waals surface area (Å²) < 4.78 is 37.7. The minimum absolute atomic E-state index is 0.00743. The summed E-state index contributed by atoms with van der Waals surface area (Å²) in [5, 5.41) is 10.3.